The molecule has 1 amide bonds. The summed E-state index contributed by atoms with van der Waals surface area (Å²) in [5.74, 6) is 0.734. The van der Waals surface area contributed by atoms with Gasteiger partial charge in [0.2, 0.25) is 0 Å². The molecule has 46 valence electrons. The zero-order valence-electron chi connectivity index (χ0n) is 4.46. The van der Waals surface area contributed by atoms with Crippen LogP contribution in [0.15, 0.2) is 0 Å². The van der Waals surface area contributed by atoms with E-state index in [1.54, 1.807) is 3.64 Å². The van der Waals surface area contributed by atoms with Gasteiger partial charge in [-0.3, -0.25) is 0 Å². The van der Waals surface area contributed by atoms with Gasteiger partial charge in [0.05, 0.1) is 0 Å². The molecule has 0 radical (unpaired) electrons. The maximum atomic E-state index is 10.9. The van der Waals surface area contributed by atoms with E-state index in [1.165, 1.54) is 11.8 Å². The number of carbonyl (C=O) groups is 1. The topological polar surface area (TPSA) is 20.3 Å². The fraction of sp³-hybridized carbons (Fsp3) is 0.333. The molecule has 1 aliphatic rings. The average Bonchev–Trinajstić information content (AvgIpc) is 2.12. The summed E-state index contributed by atoms with van der Waals surface area (Å²) < 4.78 is 2.49. The van der Waals surface area contributed by atoms with Gasteiger partial charge in [-0.15, -0.1) is 0 Å². The fourth-order valence-corrected chi connectivity index (χ4v) is 7.03. The third kappa shape index (κ3) is 1.75. The van der Waals surface area contributed by atoms with Gasteiger partial charge in [-0.2, -0.15) is 0 Å². The molecule has 0 bridgehead atoms. The number of thiocarbonyl (C=S) groups is 1. The van der Waals surface area contributed by atoms with Crippen molar-refractivity contribution in [3.63, 3.8) is 0 Å². The van der Waals surface area contributed by atoms with Crippen molar-refractivity contribution in [2.75, 3.05) is 5.75 Å². The van der Waals surface area contributed by atoms with Crippen molar-refractivity contribution in [1.29, 1.82) is 0 Å². The van der Waals surface area contributed by atoms with Crippen LogP contribution in [0.2, 0.25) is 0 Å². The zero-order chi connectivity index (χ0) is 6.85. The van der Waals surface area contributed by atoms with Crippen LogP contribution in [0.1, 0.15) is 0 Å². The number of rotatable bonds is 1. The van der Waals surface area contributed by atoms with E-state index in [2.05, 4.69) is 13.7 Å². The molecule has 6 heteroatoms. The van der Waals surface area contributed by atoms with Crippen LogP contribution >= 0.6 is 24.0 Å². The van der Waals surface area contributed by atoms with Gasteiger partial charge in [-0.1, -0.05) is 0 Å². The summed E-state index contributed by atoms with van der Waals surface area (Å²) in [7, 11) is 0. The molecule has 1 saturated heterocycles. The van der Waals surface area contributed by atoms with E-state index in [1.807, 2.05) is 0 Å². The van der Waals surface area contributed by atoms with Crippen molar-refractivity contribution >= 4 is 34.2 Å². The molecule has 9 heavy (non-hydrogen) atoms. The summed E-state index contributed by atoms with van der Waals surface area (Å²) in [5, 5.41) is 0. The molecule has 1 rings (SSSR count). The predicted molar refractivity (Wildman–Crippen MR) is 31.9 cm³/mol. The van der Waals surface area contributed by atoms with Crippen LogP contribution in [0.25, 0.3) is 0 Å². The van der Waals surface area contributed by atoms with Crippen LogP contribution in [0.4, 0.5) is 0 Å². The van der Waals surface area contributed by atoms with Crippen molar-refractivity contribution in [2.24, 2.45) is 0 Å². The first-order valence-electron chi connectivity index (χ1n) is 2.29. The molecule has 1 fully saturated rings. The summed E-state index contributed by atoms with van der Waals surface area (Å²) in [6.45, 7) is 0. The standard InChI is InChI=1S/C3H3NOS2.Mn.Zn/c5-2-1-7-3(6)4-2;;/h1H2,(H,4,5,6);;/q;;+1/p-1. The third-order valence-corrected chi connectivity index (χ3v) is 7.20. The van der Waals surface area contributed by atoms with Crippen LogP contribution in [-0.4, -0.2) is 19.6 Å². The van der Waals surface area contributed by atoms with E-state index in [0.717, 1.165) is 4.32 Å². The SMILES string of the molecule is O=C1CSC(=S)[N]1[Zn][Mn]. The molecule has 1 aliphatic heterocycles. The quantitative estimate of drug-likeness (QED) is 0.495. The number of hydrogen-bond acceptors (Lipinski definition) is 3. The van der Waals surface area contributed by atoms with Gasteiger partial charge in [0.25, 0.3) is 0 Å². The van der Waals surface area contributed by atoms with E-state index in [4.69, 9.17) is 12.2 Å². The van der Waals surface area contributed by atoms with E-state index >= 15 is 0 Å². The van der Waals surface area contributed by atoms with E-state index in [9.17, 15) is 4.79 Å². The second-order valence-corrected chi connectivity index (χ2v) is 6.87. The third-order valence-electron chi connectivity index (χ3n) is 0.960. The number of thioether (sulfide) groups is 1. The first-order valence-corrected chi connectivity index (χ1v) is 10.5. The van der Waals surface area contributed by atoms with Crippen molar-refractivity contribution in [3.8, 4) is 0 Å². The van der Waals surface area contributed by atoms with E-state index in [-0.39, 0.29) is 5.91 Å². The monoisotopic (exact) mass is 251 g/mol. The van der Waals surface area contributed by atoms with Gasteiger partial charge in [0.1, 0.15) is 0 Å². The van der Waals surface area contributed by atoms with Crippen molar-refractivity contribution in [3.05, 3.63) is 0 Å². The summed E-state index contributed by atoms with van der Waals surface area (Å²) in [4.78, 5) is 10.9. The molecule has 0 aromatic rings. The van der Waals surface area contributed by atoms with Gasteiger partial charge >= 0.3 is 77.5 Å². The van der Waals surface area contributed by atoms with Crippen LogP contribution in [-0.2, 0) is 33.9 Å². The van der Waals surface area contributed by atoms with Gasteiger partial charge in [-0.05, 0) is 0 Å². The molecule has 0 aromatic carbocycles. The predicted octanol–water partition coefficient (Wildman–Crippen LogP) is 0.306. The molecular weight excluding hydrogens is 251 g/mol. The molecule has 1 heterocycles. The Hall–Kier alpha value is 1.05. The van der Waals surface area contributed by atoms with Crippen LogP contribution in [0.3, 0.4) is 0 Å². The summed E-state index contributed by atoms with van der Waals surface area (Å²) >= 11 is 8.76. The minimum absolute atomic E-state index is 0.182. The van der Waals surface area contributed by atoms with Gasteiger partial charge in [0.15, 0.2) is 0 Å². The van der Waals surface area contributed by atoms with Crippen LogP contribution < -0.4 is 0 Å². The second-order valence-electron chi connectivity index (χ2n) is 1.50. The normalized spacial score (nSPS) is 18.6. The van der Waals surface area contributed by atoms with Crippen molar-refractivity contribution < 1.29 is 33.9 Å². The molecular formula is C3H2MnNOS2Zn. The molecule has 0 unspecified atom stereocenters. The Morgan fingerprint density at radius 1 is 1.89 bits per heavy atom. The first kappa shape index (κ1) is 8.15. The summed E-state index contributed by atoms with van der Waals surface area (Å²) in [5.41, 5.74) is 0. The molecule has 0 aromatic heterocycles. The Balaban J connectivity index is 2.66. The van der Waals surface area contributed by atoms with Crippen molar-refractivity contribution in [2.45, 2.75) is 0 Å². The Morgan fingerprint density at radius 2 is 2.56 bits per heavy atom. The van der Waals surface area contributed by atoms with Crippen LogP contribution in [0.5, 0.6) is 0 Å². The van der Waals surface area contributed by atoms with Crippen LogP contribution in [0, 0.1) is 0 Å². The van der Waals surface area contributed by atoms with Crippen molar-refractivity contribution in [1.82, 2.24) is 3.64 Å². The maximum absolute atomic E-state index is 10.9. The Labute approximate surface area is 77.0 Å². The van der Waals surface area contributed by atoms with E-state index in [0.29, 0.717) is 5.75 Å². The Kier molecular flexibility index (Phi) is 3.12. The first-order chi connectivity index (χ1) is 4.25. The number of amides is 1. The summed E-state index contributed by atoms with van der Waals surface area (Å²) in [6, 6.07) is 0. The van der Waals surface area contributed by atoms with Gasteiger partial charge < -0.3 is 0 Å². The molecule has 0 spiro atoms. The Bertz CT molecular complexity index is 148. The molecule has 0 atom stereocenters. The Morgan fingerprint density at radius 3 is 2.78 bits per heavy atom. The van der Waals surface area contributed by atoms with Gasteiger partial charge in [-0.25, -0.2) is 0 Å². The average molecular weight is 253 g/mol. The number of carbonyl (C=O) groups excluding carboxylic acids is 1. The number of hydrogen-bond donors (Lipinski definition) is 0. The molecule has 2 nitrogen and oxygen atoms in total. The molecule has 0 aliphatic carbocycles. The zero-order valence-corrected chi connectivity index (χ0v) is 10.2. The number of nitrogens with zero attached hydrogens (tertiary/aromatic N) is 1. The molecule has 0 N–H and O–H groups in total. The fourth-order valence-electron chi connectivity index (χ4n) is 0.497. The second kappa shape index (κ2) is 3.45. The van der Waals surface area contributed by atoms with E-state index < -0.39 is 15.4 Å². The molecule has 0 saturated carbocycles. The summed E-state index contributed by atoms with van der Waals surface area (Å²) in [6.07, 6.45) is 0. The minimum atomic E-state index is -0.954. The van der Waals surface area contributed by atoms with Gasteiger partial charge in [0, 0.05) is 0 Å².